The first kappa shape index (κ1) is 15.7. The second-order valence-corrected chi connectivity index (χ2v) is 5.88. The number of hydrazone groups is 1. The molecule has 1 aromatic rings. The van der Waals surface area contributed by atoms with Crippen LogP contribution in [0.3, 0.4) is 0 Å². The van der Waals surface area contributed by atoms with Gasteiger partial charge in [0.2, 0.25) is 0 Å². The zero-order chi connectivity index (χ0) is 15.6. The predicted molar refractivity (Wildman–Crippen MR) is 85.8 cm³/mol. The molecule has 1 N–H and O–H groups in total. The lowest BCUT2D eigenvalue weighted by molar-refractivity contribution is 0.180. The van der Waals surface area contributed by atoms with Crippen LogP contribution >= 0.6 is 23.4 Å². The van der Waals surface area contributed by atoms with Crippen LogP contribution in [0.5, 0.6) is 0 Å². The quantitative estimate of drug-likeness (QED) is 0.866. The van der Waals surface area contributed by atoms with E-state index >= 15 is 0 Å². The molecule has 1 aromatic carbocycles. The van der Waals surface area contributed by atoms with Crippen LogP contribution in [0, 0.1) is 0 Å². The maximum absolute atomic E-state index is 12.6. The second kappa shape index (κ2) is 6.36. The predicted octanol–water partition coefficient (Wildman–Crippen LogP) is 3.33. The van der Waals surface area contributed by atoms with Gasteiger partial charge >= 0.3 is 12.1 Å². The van der Waals surface area contributed by atoms with E-state index in [1.165, 1.54) is 16.8 Å². The second-order valence-electron chi connectivity index (χ2n) is 4.52. The number of benzene rings is 1. The van der Waals surface area contributed by atoms with Crippen molar-refractivity contribution in [2.24, 2.45) is 5.10 Å². The third-order valence-electron chi connectivity index (χ3n) is 2.68. The van der Waals surface area contributed by atoms with E-state index in [4.69, 9.17) is 11.6 Å². The highest BCUT2D eigenvalue weighted by Crippen LogP contribution is 2.25. The van der Waals surface area contributed by atoms with Crippen LogP contribution in [0.4, 0.5) is 15.3 Å². The molecule has 0 radical (unpaired) electrons. The Labute approximate surface area is 132 Å². The third-order valence-corrected chi connectivity index (χ3v) is 3.69. The molecule has 1 atom stereocenters. The van der Waals surface area contributed by atoms with Crippen molar-refractivity contribution >= 4 is 46.8 Å². The number of rotatable bonds is 3. The molecule has 6 nitrogen and oxygen atoms in total. The van der Waals surface area contributed by atoms with Crippen molar-refractivity contribution in [3.8, 4) is 0 Å². The van der Waals surface area contributed by atoms with Gasteiger partial charge in [0.25, 0.3) is 0 Å². The molecule has 0 aliphatic carbocycles. The average molecular weight is 327 g/mol. The first-order valence-electron chi connectivity index (χ1n) is 6.18. The van der Waals surface area contributed by atoms with E-state index in [9.17, 15) is 9.59 Å². The molecule has 1 unspecified atom stereocenters. The minimum atomic E-state index is -0.525. The summed E-state index contributed by atoms with van der Waals surface area (Å²) in [4.78, 5) is 25.8. The van der Waals surface area contributed by atoms with Crippen molar-refractivity contribution < 1.29 is 9.59 Å². The summed E-state index contributed by atoms with van der Waals surface area (Å²) in [5, 5.41) is 8.72. The smallest absolute Gasteiger partial charge is 0.306 e. The first-order valence-corrected chi connectivity index (χ1v) is 7.84. The number of hydrogen-bond donors (Lipinski definition) is 1. The number of nitrogens with zero attached hydrogens (tertiary/aromatic N) is 3. The molecule has 1 fully saturated rings. The number of hydrogen-bond acceptors (Lipinski definition) is 4. The van der Waals surface area contributed by atoms with Crippen LogP contribution in [-0.2, 0) is 0 Å². The number of urea groups is 2. The number of anilines is 1. The summed E-state index contributed by atoms with van der Waals surface area (Å²) in [6.07, 6.45) is 1.80. The summed E-state index contributed by atoms with van der Waals surface area (Å²) in [5.41, 5.74) is 0.633. The third kappa shape index (κ3) is 3.30. The molecule has 0 aromatic heterocycles. The molecule has 1 saturated heterocycles. The van der Waals surface area contributed by atoms with Gasteiger partial charge in [-0.05, 0) is 44.4 Å². The zero-order valence-electron chi connectivity index (χ0n) is 11.8. The molecule has 0 spiro atoms. The molecule has 2 rings (SSSR count). The van der Waals surface area contributed by atoms with Gasteiger partial charge in [-0.3, -0.25) is 0 Å². The van der Waals surface area contributed by atoms with Crippen LogP contribution in [0.25, 0.3) is 0 Å². The van der Waals surface area contributed by atoms with Gasteiger partial charge in [-0.2, -0.15) is 10.1 Å². The molecule has 1 heterocycles. The lowest BCUT2D eigenvalue weighted by atomic mass is 10.3. The lowest BCUT2D eigenvalue weighted by Gasteiger charge is -2.37. The SMILES string of the molecule is CSC1NC(=O)N(c2ccc(Cl)cc2)C(=O)N1N=C(C)C. The largest absolute Gasteiger partial charge is 0.355 e. The highest BCUT2D eigenvalue weighted by atomic mass is 35.5. The van der Waals surface area contributed by atoms with Gasteiger partial charge in [0.1, 0.15) is 0 Å². The molecule has 0 bridgehead atoms. The average Bonchev–Trinajstić information content (AvgIpc) is 2.43. The standard InChI is InChI=1S/C13H15ClN4O2S/c1-8(2)16-18-12(21-3)15-11(19)17(13(18)20)10-6-4-9(14)5-7-10/h4-7,12H,1-3H3,(H,15,19). The van der Waals surface area contributed by atoms with Gasteiger partial charge in [0.05, 0.1) is 5.69 Å². The van der Waals surface area contributed by atoms with Crippen LogP contribution in [0.1, 0.15) is 13.8 Å². The Hall–Kier alpha value is -1.73. The van der Waals surface area contributed by atoms with Crippen LogP contribution in [-0.4, -0.2) is 34.5 Å². The molecule has 0 saturated carbocycles. The minimum absolute atomic E-state index is 0.440. The number of carbonyl (C=O) groups is 2. The van der Waals surface area contributed by atoms with Crippen LogP contribution < -0.4 is 10.2 Å². The van der Waals surface area contributed by atoms with Crippen molar-refractivity contribution in [2.45, 2.75) is 19.3 Å². The Bertz CT molecular complexity index is 586. The molecule has 4 amide bonds. The number of carbonyl (C=O) groups excluding carboxylic acids is 2. The fourth-order valence-corrected chi connectivity index (χ4v) is 2.49. The normalized spacial score (nSPS) is 18.6. The number of thioether (sulfide) groups is 1. The van der Waals surface area contributed by atoms with E-state index in [1.54, 1.807) is 44.4 Å². The maximum Gasteiger partial charge on any atom is 0.355 e. The van der Waals surface area contributed by atoms with Crippen LogP contribution in [0.15, 0.2) is 29.4 Å². The van der Waals surface area contributed by atoms with Crippen molar-refractivity contribution in [2.75, 3.05) is 11.2 Å². The minimum Gasteiger partial charge on any atom is -0.306 e. The molecular formula is C13H15ClN4O2S. The summed E-state index contributed by atoms with van der Waals surface area (Å²) in [7, 11) is 0. The van der Waals surface area contributed by atoms with E-state index in [2.05, 4.69) is 10.4 Å². The van der Waals surface area contributed by atoms with Gasteiger partial charge in [-0.25, -0.2) is 14.5 Å². The van der Waals surface area contributed by atoms with Gasteiger partial charge < -0.3 is 5.32 Å². The van der Waals surface area contributed by atoms with Gasteiger partial charge in [-0.1, -0.05) is 11.6 Å². The molecular weight excluding hydrogens is 312 g/mol. The first-order chi connectivity index (χ1) is 9.93. The monoisotopic (exact) mass is 326 g/mol. The van der Waals surface area contributed by atoms with Gasteiger partial charge in [0.15, 0.2) is 5.50 Å². The van der Waals surface area contributed by atoms with E-state index in [0.29, 0.717) is 10.7 Å². The summed E-state index contributed by atoms with van der Waals surface area (Å²) < 4.78 is 0. The number of halogens is 1. The van der Waals surface area contributed by atoms with Crippen molar-refractivity contribution in [3.05, 3.63) is 29.3 Å². The Morgan fingerprint density at radius 1 is 1.29 bits per heavy atom. The summed E-state index contributed by atoms with van der Waals surface area (Å²) in [6.45, 7) is 3.57. The van der Waals surface area contributed by atoms with E-state index < -0.39 is 17.6 Å². The number of imide groups is 1. The van der Waals surface area contributed by atoms with Crippen molar-refractivity contribution in [1.29, 1.82) is 0 Å². The van der Waals surface area contributed by atoms with E-state index in [-0.39, 0.29) is 0 Å². The van der Waals surface area contributed by atoms with Crippen molar-refractivity contribution in [1.82, 2.24) is 10.3 Å². The summed E-state index contributed by atoms with van der Waals surface area (Å²) in [5.74, 6) is 0. The summed E-state index contributed by atoms with van der Waals surface area (Å²) in [6, 6.07) is 5.48. The number of amides is 4. The molecule has 21 heavy (non-hydrogen) atoms. The topological polar surface area (TPSA) is 65.0 Å². The summed E-state index contributed by atoms with van der Waals surface area (Å²) >= 11 is 7.15. The molecule has 1 aliphatic rings. The molecule has 112 valence electrons. The fourth-order valence-electron chi connectivity index (χ4n) is 1.81. The Balaban J connectivity index is 2.38. The Kier molecular flexibility index (Phi) is 4.74. The highest BCUT2D eigenvalue weighted by Gasteiger charge is 2.39. The van der Waals surface area contributed by atoms with E-state index in [1.807, 2.05) is 0 Å². The lowest BCUT2D eigenvalue weighted by Crippen LogP contribution is -2.62. The highest BCUT2D eigenvalue weighted by molar-refractivity contribution is 7.99. The van der Waals surface area contributed by atoms with Crippen molar-refractivity contribution in [3.63, 3.8) is 0 Å². The zero-order valence-corrected chi connectivity index (χ0v) is 13.4. The maximum atomic E-state index is 12.6. The Morgan fingerprint density at radius 2 is 1.90 bits per heavy atom. The van der Waals surface area contributed by atoms with Gasteiger partial charge in [-0.15, -0.1) is 11.8 Å². The molecule has 1 aliphatic heterocycles. The van der Waals surface area contributed by atoms with Crippen LogP contribution in [0.2, 0.25) is 5.02 Å². The molecule has 8 heteroatoms. The van der Waals surface area contributed by atoms with E-state index in [0.717, 1.165) is 10.6 Å². The fraction of sp³-hybridized carbons (Fsp3) is 0.308. The Morgan fingerprint density at radius 3 is 2.43 bits per heavy atom. The van der Waals surface area contributed by atoms with Gasteiger partial charge in [0, 0.05) is 10.7 Å². The number of nitrogens with one attached hydrogen (secondary N) is 1.